The molecule has 2 aromatic carbocycles. The van der Waals surface area contributed by atoms with Crippen molar-refractivity contribution in [2.75, 3.05) is 44.7 Å². The second-order valence-corrected chi connectivity index (χ2v) is 8.28. The SMILES string of the molecule is CN(C(=O)CN1CCN(Cc2nc(-c3ccccc3)cs2)CC1)c1ccccc1. The molecule has 0 radical (unpaired) electrons. The lowest BCUT2D eigenvalue weighted by molar-refractivity contribution is -0.119. The Morgan fingerprint density at radius 1 is 0.966 bits per heavy atom. The Morgan fingerprint density at radius 3 is 2.28 bits per heavy atom. The zero-order valence-corrected chi connectivity index (χ0v) is 17.5. The van der Waals surface area contributed by atoms with E-state index in [0.717, 1.165) is 49.1 Å². The first kappa shape index (κ1) is 19.8. The maximum Gasteiger partial charge on any atom is 0.240 e. The van der Waals surface area contributed by atoms with Crippen LogP contribution in [0.4, 0.5) is 5.69 Å². The minimum atomic E-state index is 0.136. The molecule has 0 atom stereocenters. The summed E-state index contributed by atoms with van der Waals surface area (Å²) in [7, 11) is 1.85. The van der Waals surface area contributed by atoms with E-state index in [0.29, 0.717) is 6.54 Å². The molecule has 0 aliphatic carbocycles. The standard InChI is InChI=1S/C23H26N4OS/c1-25(20-10-6-3-7-11-20)23(28)17-27-14-12-26(13-15-27)16-22-24-21(18-29-22)19-8-4-2-5-9-19/h2-11,18H,12-17H2,1H3. The van der Waals surface area contributed by atoms with E-state index in [1.807, 2.05) is 55.6 Å². The average molecular weight is 407 g/mol. The van der Waals surface area contributed by atoms with Crippen molar-refractivity contribution in [3.63, 3.8) is 0 Å². The molecule has 4 rings (SSSR count). The number of nitrogens with zero attached hydrogens (tertiary/aromatic N) is 4. The average Bonchev–Trinajstić information content (AvgIpc) is 3.24. The van der Waals surface area contributed by atoms with Gasteiger partial charge in [0.1, 0.15) is 5.01 Å². The molecule has 0 N–H and O–H groups in total. The maximum absolute atomic E-state index is 12.6. The third-order valence-corrected chi connectivity index (χ3v) is 6.16. The molecule has 150 valence electrons. The van der Waals surface area contributed by atoms with Crippen molar-refractivity contribution in [2.45, 2.75) is 6.54 Å². The van der Waals surface area contributed by atoms with Crippen LogP contribution in [0.25, 0.3) is 11.3 Å². The van der Waals surface area contributed by atoms with Crippen molar-refractivity contribution in [3.8, 4) is 11.3 Å². The van der Waals surface area contributed by atoms with Crippen LogP contribution < -0.4 is 4.90 Å². The first-order valence-corrected chi connectivity index (χ1v) is 10.8. The maximum atomic E-state index is 12.6. The molecular formula is C23H26N4OS. The highest BCUT2D eigenvalue weighted by molar-refractivity contribution is 7.09. The number of hydrogen-bond donors (Lipinski definition) is 0. The number of aromatic nitrogens is 1. The van der Waals surface area contributed by atoms with Gasteiger partial charge in [0.15, 0.2) is 0 Å². The molecular weight excluding hydrogens is 380 g/mol. The summed E-state index contributed by atoms with van der Waals surface area (Å²) in [4.78, 5) is 23.8. The number of carbonyl (C=O) groups excluding carboxylic acids is 1. The molecule has 0 bridgehead atoms. The first-order chi connectivity index (χ1) is 14.2. The number of rotatable bonds is 6. The highest BCUT2D eigenvalue weighted by Crippen LogP contribution is 2.22. The van der Waals surface area contributed by atoms with Gasteiger partial charge >= 0.3 is 0 Å². The molecule has 29 heavy (non-hydrogen) atoms. The van der Waals surface area contributed by atoms with Gasteiger partial charge in [-0.3, -0.25) is 14.6 Å². The minimum Gasteiger partial charge on any atom is -0.314 e. The van der Waals surface area contributed by atoms with Crippen LogP contribution in [0.2, 0.25) is 0 Å². The molecule has 0 spiro atoms. The fourth-order valence-corrected chi connectivity index (χ4v) is 4.36. The molecule has 1 amide bonds. The van der Waals surface area contributed by atoms with Crippen LogP contribution in [0, 0.1) is 0 Å². The van der Waals surface area contributed by atoms with E-state index in [4.69, 9.17) is 4.98 Å². The lowest BCUT2D eigenvalue weighted by atomic mass is 10.2. The van der Waals surface area contributed by atoms with E-state index >= 15 is 0 Å². The number of para-hydroxylation sites is 1. The number of hydrogen-bond acceptors (Lipinski definition) is 5. The van der Waals surface area contributed by atoms with Crippen molar-refractivity contribution in [3.05, 3.63) is 71.1 Å². The third-order valence-electron chi connectivity index (χ3n) is 5.32. The van der Waals surface area contributed by atoms with Crippen molar-refractivity contribution in [2.24, 2.45) is 0 Å². The third kappa shape index (κ3) is 5.09. The monoisotopic (exact) mass is 406 g/mol. The van der Waals surface area contributed by atoms with Gasteiger partial charge < -0.3 is 4.90 Å². The second-order valence-electron chi connectivity index (χ2n) is 7.33. The molecule has 2 heterocycles. The number of carbonyl (C=O) groups is 1. The van der Waals surface area contributed by atoms with Crippen LogP contribution in [0.15, 0.2) is 66.0 Å². The minimum absolute atomic E-state index is 0.136. The summed E-state index contributed by atoms with van der Waals surface area (Å²) >= 11 is 1.72. The van der Waals surface area contributed by atoms with Crippen LogP contribution >= 0.6 is 11.3 Å². The Labute approximate surface area is 176 Å². The van der Waals surface area contributed by atoms with Gasteiger partial charge in [-0.25, -0.2) is 4.98 Å². The van der Waals surface area contributed by atoms with Crippen molar-refractivity contribution in [1.82, 2.24) is 14.8 Å². The summed E-state index contributed by atoms with van der Waals surface area (Å²) in [5.74, 6) is 0.136. The smallest absolute Gasteiger partial charge is 0.240 e. The highest BCUT2D eigenvalue weighted by Gasteiger charge is 2.21. The second kappa shape index (κ2) is 9.31. The van der Waals surface area contributed by atoms with Crippen molar-refractivity contribution >= 4 is 22.9 Å². The summed E-state index contributed by atoms with van der Waals surface area (Å²) in [5, 5.41) is 3.29. The first-order valence-electron chi connectivity index (χ1n) is 9.95. The van der Waals surface area contributed by atoms with Crippen LogP contribution in [0.3, 0.4) is 0 Å². The zero-order chi connectivity index (χ0) is 20.1. The summed E-state index contributed by atoms with van der Waals surface area (Å²) < 4.78 is 0. The number of anilines is 1. The number of benzene rings is 2. The lowest BCUT2D eigenvalue weighted by Gasteiger charge is -2.34. The molecule has 1 saturated heterocycles. The summed E-state index contributed by atoms with van der Waals surface area (Å²) in [5.41, 5.74) is 3.16. The number of thiazole rings is 1. The largest absolute Gasteiger partial charge is 0.314 e. The molecule has 5 nitrogen and oxygen atoms in total. The molecule has 0 unspecified atom stereocenters. The van der Waals surface area contributed by atoms with Crippen LogP contribution in [0.1, 0.15) is 5.01 Å². The van der Waals surface area contributed by atoms with Gasteiger partial charge in [0, 0.05) is 49.9 Å². The summed E-state index contributed by atoms with van der Waals surface area (Å²) in [6.07, 6.45) is 0. The Hall–Kier alpha value is -2.54. The van der Waals surface area contributed by atoms with Gasteiger partial charge in [-0.15, -0.1) is 11.3 Å². The molecule has 1 aromatic heterocycles. The van der Waals surface area contributed by atoms with Gasteiger partial charge in [0.05, 0.1) is 18.8 Å². The van der Waals surface area contributed by atoms with Gasteiger partial charge in [-0.2, -0.15) is 0 Å². The Bertz CT molecular complexity index is 920. The number of piperazine rings is 1. The van der Waals surface area contributed by atoms with E-state index < -0.39 is 0 Å². The molecule has 1 fully saturated rings. The Balaban J connectivity index is 1.26. The van der Waals surface area contributed by atoms with Gasteiger partial charge in [0.25, 0.3) is 0 Å². The lowest BCUT2D eigenvalue weighted by Crippen LogP contribution is -2.49. The predicted octanol–water partition coefficient (Wildman–Crippen LogP) is 3.59. The fraction of sp³-hybridized carbons (Fsp3) is 0.304. The molecule has 1 aliphatic heterocycles. The summed E-state index contributed by atoms with van der Waals surface area (Å²) in [6, 6.07) is 20.1. The predicted molar refractivity (Wildman–Crippen MR) is 119 cm³/mol. The quantitative estimate of drug-likeness (QED) is 0.627. The molecule has 1 aliphatic rings. The summed E-state index contributed by atoms with van der Waals surface area (Å²) in [6.45, 7) is 5.08. The van der Waals surface area contributed by atoms with Gasteiger partial charge in [0.2, 0.25) is 5.91 Å². The normalized spacial score (nSPS) is 15.3. The zero-order valence-electron chi connectivity index (χ0n) is 16.7. The van der Waals surface area contributed by atoms with Crippen molar-refractivity contribution in [1.29, 1.82) is 0 Å². The fourth-order valence-electron chi connectivity index (χ4n) is 3.51. The van der Waals surface area contributed by atoms with E-state index in [-0.39, 0.29) is 5.91 Å². The topological polar surface area (TPSA) is 39.7 Å². The van der Waals surface area contributed by atoms with Crippen LogP contribution in [-0.2, 0) is 11.3 Å². The van der Waals surface area contributed by atoms with Crippen molar-refractivity contribution < 1.29 is 4.79 Å². The van der Waals surface area contributed by atoms with E-state index in [9.17, 15) is 4.79 Å². The molecule has 0 saturated carbocycles. The highest BCUT2D eigenvalue weighted by atomic mass is 32.1. The molecule has 6 heteroatoms. The van der Waals surface area contributed by atoms with E-state index in [2.05, 4.69) is 27.3 Å². The van der Waals surface area contributed by atoms with Crippen LogP contribution in [0.5, 0.6) is 0 Å². The van der Waals surface area contributed by atoms with Gasteiger partial charge in [-0.1, -0.05) is 48.5 Å². The number of likely N-dealkylation sites (N-methyl/N-ethyl adjacent to an activating group) is 1. The Kier molecular flexibility index (Phi) is 6.34. The van der Waals surface area contributed by atoms with E-state index in [1.54, 1.807) is 16.2 Å². The van der Waals surface area contributed by atoms with Crippen LogP contribution in [-0.4, -0.2) is 60.5 Å². The number of amides is 1. The molecule has 3 aromatic rings. The van der Waals surface area contributed by atoms with E-state index in [1.165, 1.54) is 5.56 Å². The Morgan fingerprint density at radius 2 is 1.59 bits per heavy atom. The van der Waals surface area contributed by atoms with Gasteiger partial charge in [-0.05, 0) is 12.1 Å².